The number of para-hydroxylation sites is 1. The van der Waals surface area contributed by atoms with Gasteiger partial charge >= 0.3 is 0 Å². The van der Waals surface area contributed by atoms with Crippen molar-refractivity contribution in [3.05, 3.63) is 53.7 Å². The highest BCUT2D eigenvalue weighted by molar-refractivity contribution is 6.05. The first-order valence-electron chi connectivity index (χ1n) is 6.69. The third-order valence-corrected chi connectivity index (χ3v) is 3.19. The van der Waals surface area contributed by atoms with E-state index < -0.39 is 0 Å². The maximum absolute atomic E-state index is 12.6. The minimum Gasteiger partial charge on any atom is -0.373 e. The fourth-order valence-electron chi connectivity index (χ4n) is 2.12. The molecular weight excluding hydrogens is 250 g/mol. The fraction of sp³-hybridized carbons (Fsp3) is 0.250. The first-order valence-corrected chi connectivity index (χ1v) is 6.69. The molecule has 20 heavy (non-hydrogen) atoms. The standard InChI is InChI=1S/C16H19N3O/c1-4-19(14-10-6-5-8-12(14)2)16(20)13-9-7-11-15(17-3)18-13/h5-11H,4H2,1-3H3,(H,17,18). The Kier molecular flexibility index (Phi) is 4.35. The van der Waals surface area contributed by atoms with Crippen LogP contribution in [0.15, 0.2) is 42.5 Å². The fourth-order valence-corrected chi connectivity index (χ4v) is 2.12. The molecule has 4 heteroatoms. The van der Waals surface area contributed by atoms with Crippen molar-refractivity contribution in [2.45, 2.75) is 13.8 Å². The summed E-state index contributed by atoms with van der Waals surface area (Å²) >= 11 is 0. The number of nitrogens with one attached hydrogen (secondary N) is 1. The molecule has 0 saturated heterocycles. The number of benzene rings is 1. The summed E-state index contributed by atoms with van der Waals surface area (Å²) in [5, 5.41) is 2.95. The van der Waals surface area contributed by atoms with Crippen LogP contribution in [0.4, 0.5) is 11.5 Å². The van der Waals surface area contributed by atoms with Crippen molar-refractivity contribution in [1.29, 1.82) is 0 Å². The van der Waals surface area contributed by atoms with Gasteiger partial charge in [0.15, 0.2) is 0 Å². The monoisotopic (exact) mass is 269 g/mol. The summed E-state index contributed by atoms with van der Waals surface area (Å²) in [6, 6.07) is 13.3. The number of aromatic nitrogens is 1. The Bertz CT molecular complexity index is 610. The van der Waals surface area contributed by atoms with Gasteiger partial charge in [0.1, 0.15) is 11.5 Å². The van der Waals surface area contributed by atoms with Gasteiger partial charge in [0.2, 0.25) is 0 Å². The van der Waals surface area contributed by atoms with Crippen LogP contribution in [0, 0.1) is 6.92 Å². The molecule has 0 atom stereocenters. The number of aryl methyl sites for hydroxylation is 1. The maximum Gasteiger partial charge on any atom is 0.276 e. The van der Waals surface area contributed by atoms with Crippen LogP contribution in [0.5, 0.6) is 0 Å². The molecule has 104 valence electrons. The molecule has 0 spiro atoms. The van der Waals surface area contributed by atoms with Crippen molar-refractivity contribution in [3.63, 3.8) is 0 Å². The zero-order valence-corrected chi connectivity index (χ0v) is 12.1. The van der Waals surface area contributed by atoms with Crippen LogP contribution >= 0.6 is 0 Å². The van der Waals surface area contributed by atoms with Crippen molar-refractivity contribution in [1.82, 2.24) is 4.98 Å². The van der Waals surface area contributed by atoms with Crippen molar-refractivity contribution >= 4 is 17.4 Å². The van der Waals surface area contributed by atoms with E-state index in [9.17, 15) is 4.79 Å². The first-order chi connectivity index (χ1) is 9.67. The molecule has 0 unspecified atom stereocenters. The Hall–Kier alpha value is -2.36. The minimum atomic E-state index is -0.0844. The third kappa shape index (κ3) is 2.79. The van der Waals surface area contributed by atoms with E-state index in [0.29, 0.717) is 18.1 Å². The lowest BCUT2D eigenvalue weighted by Crippen LogP contribution is -2.32. The van der Waals surface area contributed by atoms with Crippen LogP contribution < -0.4 is 10.2 Å². The molecule has 0 bridgehead atoms. The predicted molar refractivity (Wildman–Crippen MR) is 82.3 cm³/mol. The summed E-state index contributed by atoms with van der Waals surface area (Å²) < 4.78 is 0. The molecule has 1 aromatic heterocycles. The van der Waals surface area contributed by atoms with Crippen LogP contribution in [0.3, 0.4) is 0 Å². The van der Waals surface area contributed by atoms with E-state index in [1.807, 2.05) is 50.2 Å². The van der Waals surface area contributed by atoms with Gasteiger partial charge in [-0.05, 0) is 37.6 Å². The zero-order valence-electron chi connectivity index (χ0n) is 12.1. The van der Waals surface area contributed by atoms with Gasteiger partial charge in [-0.1, -0.05) is 24.3 Å². The number of pyridine rings is 1. The van der Waals surface area contributed by atoms with E-state index >= 15 is 0 Å². The van der Waals surface area contributed by atoms with E-state index in [-0.39, 0.29) is 5.91 Å². The Morgan fingerprint density at radius 2 is 1.95 bits per heavy atom. The molecule has 1 heterocycles. The molecule has 1 amide bonds. The molecular formula is C16H19N3O. The Morgan fingerprint density at radius 1 is 1.20 bits per heavy atom. The molecule has 2 rings (SSSR count). The van der Waals surface area contributed by atoms with Gasteiger partial charge in [-0.2, -0.15) is 0 Å². The number of nitrogens with zero attached hydrogens (tertiary/aromatic N) is 2. The lowest BCUT2D eigenvalue weighted by Gasteiger charge is -2.22. The Balaban J connectivity index is 2.36. The van der Waals surface area contributed by atoms with Gasteiger partial charge in [0.05, 0.1) is 0 Å². The Morgan fingerprint density at radius 3 is 2.60 bits per heavy atom. The second-order valence-corrected chi connectivity index (χ2v) is 4.49. The van der Waals surface area contributed by atoms with E-state index in [0.717, 1.165) is 11.3 Å². The minimum absolute atomic E-state index is 0.0844. The SMILES string of the molecule is CCN(C(=O)c1cccc(NC)n1)c1ccccc1C. The van der Waals surface area contributed by atoms with Gasteiger partial charge in [-0.15, -0.1) is 0 Å². The van der Waals surface area contributed by atoms with E-state index in [1.165, 1.54) is 0 Å². The summed E-state index contributed by atoms with van der Waals surface area (Å²) in [7, 11) is 1.79. The number of anilines is 2. The normalized spacial score (nSPS) is 10.2. The highest BCUT2D eigenvalue weighted by Crippen LogP contribution is 2.21. The van der Waals surface area contributed by atoms with Crippen LogP contribution in [0.25, 0.3) is 0 Å². The van der Waals surface area contributed by atoms with Gasteiger partial charge < -0.3 is 10.2 Å². The molecule has 1 aromatic carbocycles. The zero-order chi connectivity index (χ0) is 14.5. The lowest BCUT2D eigenvalue weighted by molar-refractivity contribution is 0.0983. The van der Waals surface area contributed by atoms with E-state index in [2.05, 4.69) is 10.3 Å². The summed E-state index contributed by atoms with van der Waals surface area (Å²) in [6.45, 7) is 4.57. The molecule has 4 nitrogen and oxygen atoms in total. The molecule has 0 aliphatic heterocycles. The second kappa shape index (κ2) is 6.19. The second-order valence-electron chi connectivity index (χ2n) is 4.49. The van der Waals surface area contributed by atoms with Crippen LogP contribution in [0.2, 0.25) is 0 Å². The molecule has 1 N–H and O–H groups in total. The summed E-state index contributed by atoms with van der Waals surface area (Å²) in [6.07, 6.45) is 0. The summed E-state index contributed by atoms with van der Waals surface area (Å²) in [5.74, 6) is 0.607. The van der Waals surface area contributed by atoms with Crippen LogP contribution in [0.1, 0.15) is 23.0 Å². The quantitative estimate of drug-likeness (QED) is 0.927. The van der Waals surface area contributed by atoms with Crippen molar-refractivity contribution in [2.24, 2.45) is 0 Å². The first kappa shape index (κ1) is 14.1. The number of amides is 1. The number of hydrogen-bond acceptors (Lipinski definition) is 3. The van der Waals surface area contributed by atoms with Crippen molar-refractivity contribution < 1.29 is 4.79 Å². The largest absolute Gasteiger partial charge is 0.373 e. The van der Waals surface area contributed by atoms with E-state index in [1.54, 1.807) is 18.0 Å². The van der Waals surface area contributed by atoms with Crippen molar-refractivity contribution in [3.8, 4) is 0 Å². The molecule has 0 aliphatic rings. The third-order valence-electron chi connectivity index (χ3n) is 3.19. The van der Waals surface area contributed by atoms with Crippen LogP contribution in [-0.2, 0) is 0 Å². The summed E-state index contributed by atoms with van der Waals surface area (Å²) in [4.78, 5) is 18.7. The predicted octanol–water partition coefficient (Wildman–Crippen LogP) is 3.10. The average molecular weight is 269 g/mol. The van der Waals surface area contributed by atoms with Crippen LogP contribution in [-0.4, -0.2) is 24.5 Å². The van der Waals surface area contributed by atoms with E-state index in [4.69, 9.17) is 0 Å². The smallest absolute Gasteiger partial charge is 0.276 e. The topological polar surface area (TPSA) is 45.2 Å². The number of carbonyl (C=O) groups is 1. The van der Waals surface area contributed by atoms with Gasteiger partial charge in [0.25, 0.3) is 5.91 Å². The van der Waals surface area contributed by atoms with Crippen molar-refractivity contribution in [2.75, 3.05) is 23.8 Å². The van der Waals surface area contributed by atoms with Gasteiger partial charge in [0, 0.05) is 19.3 Å². The van der Waals surface area contributed by atoms with Gasteiger partial charge in [-0.25, -0.2) is 4.98 Å². The number of hydrogen-bond donors (Lipinski definition) is 1. The maximum atomic E-state index is 12.6. The highest BCUT2D eigenvalue weighted by Gasteiger charge is 2.18. The molecule has 0 aliphatic carbocycles. The average Bonchev–Trinajstić information content (AvgIpc) is 2.49. The Labute approximate surface area is 119 Å². The molecule has 0 radical (unpaired) electrons. The molecule has 2 aromatic rings. The highest BCUT2D eigenvalue weighted by atomic mass is 16.2. The number of carbonyl (C=O) groups excluding carboxylic acids is 1. The summed E-state index contributed by atoms with van der Waals surface area (Å²) in [5.41, 5.74) is 2.45. The number of rotatable bonds is 4. The molecule has 0 fully saturated rings. The van der Waals surface area contributed by atoms with Gasteiger partial charge in [-0.3, -0.25) is 4.79 Å². The molecule has 0 saturated carbocycles. The lowest BCUT2D eigenvalue weighted by atomic mass is 10.1.